The van der Waals surface area contributed by atoms with Gasteiger partial charge in [0, 0.05) is 12.1 Å². The van der Waals surface area contributed by atoms with Crippen LogP contribution in [0, 0.1) is 0 Å². The third-order valence-electron chi connectivity index (χ3n) is 2.36. The van der Waals surface area contributed by atoms with Crippen LogP contribution in [0.4, 0.5) is 5.69 Å². The summed E-state index contributed by atoms with van der Waals surface area (Å²) in [5, 5.41) is 5.66. The Kier molecular flexibility index (Phi) is 7.79. The van der Waals surface area contributed by atoms with Crippen molar-refractivity contribution in [1.82, 2.24) is 16.2 Å². The number of hydrogen-bond donors (Lipinski definition) is 4. The van der Waals surface area contributed by atoms with E-state index >= 15 is 0 Å². The maximum Gasteiger partial charge on any atom is 0.306 e. The summed E-state index contributed by atoms with van der Waals surface area (Å²) in [7, 11) is 1.26. The molecule has 0 aliphatic heterocycles. The largest absolute Gasteiger partial charge is 0.469 e. The highest BCUT2D eigenvalue weighted by atomic mass is 32.1. The van der Waals surface area contributed by atoms with Gasteiger partial charge in [0.1, 0.15) is 0 Å². The molecule has 0 aliphatic carbocycles. The maximum absolute atomic E-state index is 11.5. The molecule has 0 saturated heterocycles. The summed E-state index contributed by atoms with van der Waals surface area (Å²) >= 11 is 9.96. The molecule has 0 bridgehead atoms. The number of para-hydroxylation sites is 1. The molecule has 0 radical (unpaired) electrons. The molecule has 0 aromatic heterocycles. The number of esters is 1. The van der Waals surface area contributed by atoms with Crippen molar-refractivity contribution in [3.63, 3.8) is 0 Å². The predicted molar refractivity (Wildman–Crippen MR) is 90.9 cm³/mol. The van der Waals surface area contributed by atoms with E-state index in [9.17, 15) is 9.59 Å². The first-order chi connectivity index (χ1) is 10.5. The van der Waals surface area contributed by atoms with Crippen molar-refractivity contribution in [2.24, 2.45) is 0 Å². The van der Waals surface area contributed by atoms with Gasteiger partial charge in [-0.2, -0.15) is 0 Å². The molecule has 0 spiro atoms. The third-order valence-corrected chi connectivity index (χ3v) is 2.77. The van der Waals surface area contributed by atoms with Gasteiger partial charge in [0.15, 0.2) is 10.2 Å². The van der Waals surface area contributed by atoms with Crippen molar-refractivity contribution in [3.8, 4) is 0 Å². The van der Waals surface area contributed by atoms with Gasteiger partial charge in [-0.05, 0) is 36.6 Å². The van der Waals surface area contributed by atoms with Crippen molar-refractivity contribution < 1.29 is 14.3 Å². The molecule has 1 rings (SSSR count). The fourth-order valence-electron chi connectivity index (χ4n) is 1.34. The van der Waals surface area contributed by atoms with Crippen LogP contribution in [0.15, 0.2) is 30.3 Å². The second-order valence-corrected chi connectivity index (χ2v) is 4.84. The van der Waals surface area contributed by atoms with Crippen molar-refractivity contribution in [2.75, 3.05) is 12.4 Å². The van der Waals surface area contributed by atoms with Gasteiger partial charge in [-0.3, -0.25) is 20.4 Å². The zero-order valence-corrected chi connectivity index (χ0v) is 13.5. The molecule has 7 nitrogen and oxygen atoms in total. The van der Waals surface area contributed by atoms with Crippen molar-refractivity contribution >= 4 is 52.2 Å². The van der Waals surface area contributed by atoms with Crippen LogP contribution >= 0.6 is 24.4 Å². The van der Waals surface area contributed by atoms with Gasteiger partial charge in [-0.15, -0.1) is 0 Å². The summed E-state index contributed by atoms with van der Waals surface area (Å²) in [6, 6.07) is 9.32. The van der Waals surface area contributed by atoms with Crippen LogP contribution in [0.2, 0.25) is 0 Å². The molecule has 1 aromatic rings. The van der Waals surface area contributed by atoms with Crippen LogP contribution in [0.25, 0.3) is 0 Å². The van der Waals surface area contributed by atoms with Gasteiger partial charge in [0.25, 0.3) is 0 Å². The highest BCUT2D eigenvalue weighted by molar-refractivity contribution is 7.80. The molecule has 9 heteroatoms. The first-order valence-electron chi connectivity index (χ1n) is 6.30. The number of anilines is 1. The maximum atomic E-state index is 11.5. The minimum atomic E-state index is -0.458. The Hall–Kier alpha value is -2.26. The summed E-state index contributed by atoms with van der Waals surface area (Å²) < 4.78 is 4.44. The molecule has 0 fully saturated rings. The van der Waals surface area contributed by atoms with Gasteiger partial charge in [-0.1, -0.05) is 18.2 Å². The molecule has 118 valence electrons. The first kappa shape index (κ1) is 17.8. The number of methoxy groups -OCH3 is 1. The van der Waals surface area contributed by atoms with E-state index in [2.05, 4.69) is 26.2 Å². The van der Waals surface area contributed by atoms with E-state index < -0.39 is 11.9 Å². The lowest BCUT2D eigenvalue weighted by atomic mass is 10.3. The average molecular weight is 340 g/mol. The van der Waals surface area contributed by atoms with Gasteiger partial charge in [0.05, 0.1) is 13.5 Å². The Balaban J connectivity index is 2.23. The first-order valence-corrected chi connectivity index (χ1v) is 7.11. The van der Waals surface area contributed by atoms with E-state index in [1.807, 2.05) is 30.3 Å². The Bertz CT molecular complexity index is 551. The SMILES string of the molecule is COC(=O)CCC(=O)NC(=S)NNC(=S)Nc1ccccc1. The summed E-state index contributed by atoms with van der Waals surface area (Å²) in [4.78, 5) is 22.4. The topological polar surface area (TPSA) is 91.5 Å². The minimum absolute atomic E-state index is 0.00759. The molecule has 0 atom stereocenters. The van der Waals surface area contributed by atoms with Crippen LogP contribution in [-0.4, -0.2) is 29.2 Å². The molecule has 0 unspecified atom stereocenters. The minimum Gasteiger partial charge on any atom is -0.469 e. The number of benzene rings is 1. The summed E-state index contributed by atoms with van der Waals surface area (Å²) in [6.07, 6.45) is -0.0203. The lowest BCUT2D eigenvalue weighted by Gasteiger charge is -2.13. The number of ether oxygens (including phenoxy) is 1. The second-order valence-electron chi connectivity index (χ2n) is 4.02. The quantitative estimate of drug-likeness (QED) is 0.364. The molecule has 22 heavy (non-hydrogen) atoms. The Morgan fingerprint density at radius 3 is 2.32 bits per heavy atom. The van der Waals surface area contributed by atoms with Crippen LogP contribution in [0.5, 0.6) is 0 Å². The Morgan fingerprint density at radius 2 is 1.68 bits per heavy atom. The van der Waals surface area contributed by atoms with Gasteiger partial charge >= 0.3 is 5.97 Å². The normalized spacial score (nSPS) is 9.32. The standard InChI is InChI=1S/C13H16N4O3S2/c1-20-11(19)8-7-10(18)15-13(22)17-16-12(21)14-9-5-3-2-4-6-9/h2-6H,7-8H2,1H3,(H2,14,16,21)(H2,15,17,18,22). The van der Waals surface area contributed by atoms with Crippen LogP contribution in [-0.2, 0) is 14.3 Å². The number of carbonyl (C=O) groups is 2. The van der Waals surface area contributed by atoms with E-state index in [0.717, 1.165) is 5.69 Å². The Morgan fingerprint density at radius 1 is 1.05 bits per heavy atom. The van der Waals surface area contributed by atoms with Crippen LogP contribution in [0.1, 0.15) is 12.8 Å². The molecule has 0 heterocycles. The number of hydrogen-bond acceptors (Lipinski definition) is 5. The zero-order valence-electron chi connectivity index (χ0n) is 11.8. The highest BCUT2D eigenvalue weighted by Gasteiger charge is 2.08. The number of nitrogens with one attached hydrogen (secondary N) is 4. The number of carbonyl (C=O) groups excluding carboxylic acids is 2. The van der Waals surface area contributed by atoms with Gasteiger partial charge < -0.3 is 15.4 Å². The highest BCUT2D eigenvalue weighted by Crippen LogP contribution is 2.03. The lowest BCUT2D eigenvalue weighted by molar-refractivity contribution is -0.142. The van der Waals surface area contributed by atoms with E-state index in [1.165, 1.54) is 7.11 Å². The third kappa shape index (κ3) is 7.50. The number of amides is 1. The second kappa shape index (κ2) is 9.64. The fourth-order valence-corrected chi connectivity index (χ4v) is 1.67. The molecular formula is C13H16N4O3S2. The van der Waals surface area contributed by atoms with E-state index in [1.54, 1.807) is 0 Å². The fraction of sp³-hybridized carbons (Fsp3) is 0.231. The molecule has 0 saturated carbocycles. The number of hydrazine groups is 1. The average Bonchev–Trinajstić information content (AvgIpc) is 2.51. The predicted octanol–water partition coefficient (Wildman–Crippen LogP) is 0.832. The van der Waals surface area contributed by atoms with Crippen molar-refractivity contribution in [1.29, 1.82) is 0 Å². The van der Waals surface area contributed by atoms with Crippen LogP contribution in [0.3, 0.4) is 0 Å². The number of rotatable bonds is 4. The van der Waals surface area contributed by atoms with Gasteiger partial charge in [-0.25, -0.2) is 0 Å². The van der Waals surface area contributed by atoms with Crippen LogP contribution < -0.4 is 21.5 Å². The lowest BCUT2D eigenvalue weighted by Crippen LogP contribution is -2.49. The van der Waals surface area contributed by atoms with Crippen molar-refractivity contribution in [3.05, 3.63) is 30.3 Å². The molecule has 0 aliphatic rings. The van der Waals surface area contributed by atoms with E-state index in [-0.39, 0.29) is 23.1 Å². The molecule has 1 amide bonds. The molecule has 1 aromatic carbocycles. The number of thiocarbonyl (C=S) groups is 2. The van der Waals surface area contributed by atoms with E-state index in [0.29, 0.717) is 0 Å². The monoisotopic (exact) mass is 340 g/mol. The molecule has 4 N–H and O–H groups in total. The molecular weight excluding hydrogens is 324 g/mol. The van der Waals surface area contributed by atoms with Crippen molar-refractivity contribution in [2.45, 2.75) is 12.8 Å². The summed E-state index contributed by atoms with van der Waals surface area (Å²) in [5.74, 6) is -0.855. The summed E-state index contributed by atoms with van der Waals surface area (Å²) in [5.41, 5.74) is 6.01. The van der Waals surface area contributed by atoms with Gasteiger partial charge in [0.2, 0.25) is 5.91 Å². The smallest absolute Gasteiger partial charge is 0.306 e. The zero-order chi connectivity index (χ0) is 16.4. The van der Waals surface area contributed by atoms with E-state index in [4.69, 9.17) is 24.4 Å². The summed E-state index contributed by atoms with van der Waals surface area (Å²) in [6.45, 7) is 0. The Labute approximate surface area is 138 Å².